The van der Waals surface area contributed by atoms with Crippen LogP contribution in [-0.4, -0.2) is 19.4 Å². The van der Waals surface area contributed by atoms with E-state index in [0.717, 1.165) is 12.8 Å². The van der Waals surface area contributed by atoms with Gasteiger partial charge in [-0.05, 0) is 36.1 Å². The third-order valence-corrected chi connectivity index (χ3v) is 3.96. The van der Waals surface area contributed by atoms with E-state index in [1.165, 1.54) is 7.05 Å². The number of unbranched alkanes of at least 4 members (excludes halogenated alkanes) is 1. The molecule has 7 heteroatoms. The van der Waals surface area contributed by atoms with Gasteiger partial charge in [0.1, 0.15) is 5.56 Å². The Bertz CT molecular complexity index is 908. The number of rotatable bonds is 7. The van der Waals surface area contributed by atoms with Gasteiger partial charge in [0.25, 0.3) is 5.91 Å². The molecular weight excluding hydrogens is 334 g/mol. The van der Waals surface area contributed by atoms with E-state index in [-0.39, 0.29) is 23.4 Å². The highest BCUT2D eigenvalue weighted by Crippen LogP contribution is 2.29. The Morgan fingerprint density at radius 1 is 1.31 bits per heavy atom. The number of hydrogen-bond donors (Lipinski definition) is 2. The van der Waals surface area contributed by atoms with Crippen LogP contribution in [0.3, 0.4) is 0 Å². The van der Waals surface area contributed by atoms with Crippen molar-refractivity contribution in [2.75, 3.05) is 12.4 Å². The van der Waals surface area contributed by atoms with E-state index in [1.807, 2.05) is 13.0 Å². The fourth-order valence-electron chi connectivity index (χ4n) is 2.73. The minimum atomic E-state index is -0.644. The first-order valence-electron chi connectivity index (χ1n) is 8.20. The van der Waals surface area contributed by atoms with E-state index in [0.29, 0.717) is 23.1 Å². The van der Waals surface area contributed by atoms with Crippen LogP contribution in [0.4, 0.5) is 5.88 Å². The van der Waals surface area contributed by atoms with Gasteiger partial charge in [0.05, 0.1) is 17.2 Å². The van der Waals surface area contributed by atoms with Crippen molar-refractivity contribution >= 4 is 18.2 Å². The van der Waals surface area contributed by atoms with Gasteiger partial charge in [0.15, 0.2) is 0 Å². The summed E-state index contributed by atoms with van der Waals surface area (Å²) in [6, 6.07) is 8.48. The van der Waals surface area contributed by atoms with E-state index in [1.54, 1.807) is 24.3 Å². The van der Waals surface area contributed by atoms with Crippen LogP contribution in [0.2, 0.25) is 0 Å². The third kappa shape index (κ3) is 3.81. The zero-order chi connectivity index (χ0) is 19.1. The number of amides is 2. The van der Waals surface area contributed by atoms with Crippen LogP contribution in [0.1, 0.15) is 41.3 Å². The molecule has 2 aromatic rings. The van der Waals surface area contributed by atoms with Crippen LogP contribution >= 0.6 is 0 Å². The number of nitrogens with one attached hydrogen (secondary N) is 2. The second-order valence-electron chi connectivity index (χ2n) is 5.58. The third-order valence-electron chi connectivity index (χ3n) is 3.96. The molecule has 0 aliphatic rings. The summed E-state index contributed by atoms with van der Waals surface area (Å²) < 4.78 is 5.28. The zero-order valence-corrected chi connectivity index (χ0v) is 14.6. The van der Waals surface area contributed by atoms with Gasteiger partial charge < -0.3 is 9.73 Å². The average molecular weight is 353 g/mol. The minimum Gasteiger partial charge on any atom is -0.405 e. The first kappa shape index (κ1) is 18.9. The second kappa shape index (κ2) is 8.62. The number of hydrogen-bond acceptors (Lipinski definition) is 6. The van der Waals surface area contributed by atoms with Crippen LogP contribution in [0, 0.1) is 11.3 Å². The van der Waals surface area contributed by atoms with Gasteiger partial charge in [-0.15, -0.1) is 0 Å². The summed E-state index contributed by atoms with van der Waals surface area (Å²) in [6.45, 7) is 2.00. The number of carbonyl (C=O) groups is 2. The molecule has 0 saturated carbocycles. The molecule has 0 aliphatic heterocycles. The van der Waals surface area contributed by atoms with Gasteiger partial charge >= 0.3 is 5.63 Å². The lowest BCUT2D eigenvalue weighted by Gasteiger charge is -2.15. The minimum absolute atomic E-state index is 0.0119. The lowest BCUT2D eigenvalue weighted by atomic mass is 9.93. The van der Waals surface area contributed by atoms with E-state index in [9.17, 15) is 14.4 Å². The molecule has 0 radical (unpaired) electrons. The summed E-state index contributed by atoms with van der Waals surface area (Å²) in [5, 5.41) is 13.8. The van der Waals surface area contributed by atoms with Gasteiger partial charge in [-0.3, -0.25) is 14.9 Å². The normalized spacial score (nSPS) is 10.0. The Labute approximate surface area is 150 Å². The van der Waals surface area contributed by atoms with E-state index < -0.39 is 11.5 Å². The quantitative estimate of drug-likeness (QED) is 0.739. The Morgan fingerprint density at radius 2 is 2.00 bits per heavy atom. The molecule has 7 nitrogen and oxygen atoms in total. The van der Waals surface area contributed by atoms with E-state index in [2.05, 4.69) is 10.6 Å². The molecule has 2 amide bonds. The molecule has 1 aromatic carbocycles. The van der Waals surface area contributed by atoms with Crippen molar-refractivity contribution in [2.24, 2.45) is 0 Å². The first-order chi connectivity index (χ1) is 12.6. The van der Waals surface area contributed by atoms with Gasteiger partial charge in [0, 0.05) is 7.05 Å². The van der Waals surface area contributed by atoms with Gasteiger partial charge in [-0.1, -0.05) is 25.5 Å². The predicted octanol–water partition coefficient (Wildman–Crippen LogP) is 2.45. The summed E-state index contributed by atoms with van der Waals surface area (Å²) in [6.07, 6.45) is 2.36. The molecule has 0 unspecified atom stereocenters. The summed E-state index contributed by atoms with van der Waals surface area (Å²) in [5.41, 5.74) is 1.32. The largest absolute Gasteiger partial charge is 0.405 e. The Morgan fingerprint density at radius 3 is 2.54 bits per heavy atom. The van der Waals surface area contributed by atoms with E-state index in [4.69, 9.17) is 9.68 Å². The molecule has 26 heavy (non-hydrogen) atoms. The van der Waals surface area contributed by atoms with Crippen LogP contribution in [0.5, 0.6) is 0 Å². The Kier molecular flexibility index (Phi) is 6.28. The molecule has 0 fully saturated rings. The average Bonchev–Trinajstić information content (AvgIpc) is 2.65. The monoisotopic (exact) mass is 353 g/mol. The molecule has 1 aromatic heterocycles. The van der Waals surface area contributed by atoms with Crippen molar-refractivity contribution in [3.63, 3.8) is 0 Å². The summed E-state index contributed by atoms with van der Waals surface area (Å²) >= 11 is 0. The lowest BCUT2D eigenvalue weighted by Crippen LogP contribution is -2.26. The molecule has 0 bridgehead atoms. The molecule has 0 saturated heterocycles. The van der Waals surface area contributed by atoms with Gasteiger partial charge in [0.2, 0.25) is 12.3 Å². The molecule has 0 atom stereocenters. The Balaban J connectivity index is 2.78. The SMILES string of the molecule is CCCCc1c(C(=O)NC=O)c(NC)oc(=O)c1-c1ccc(C#N)cc1. The topological polar surface area (TPSA) is 112 Å². The summed E-state index contributed by atoms with van der Waals surface area (Å²) in [5.74, 6) is -0.632. The lowest BCUT2D eigenvalue weighted by molar-refractivity contribution is -0.108. The van der Waals surface area contributed by atoms with Crippen molar-refractivity contribution in [3.05, 3.63) is 51.4 Å². The number of nitrogens with zero attached hydrogens (tertiary/aromatic N) is 1. The number of benzene rings is 1. The highest BCUT2D eigenvalue weighted by Gasteiger charge is 2.24. The fourth-order valence-corrected chi connectivity index (χ4v) is 2.73. The maximum Gasteiger partial charge on any atom is 0.345 e. The zero-order valence-electron chi connectivity index (χ0n) is 14.6. The number of imide groups is 1. The van der Waals surface area contributed by atoms with Crippen molar-refractivity contribution in [1.29, 1.82) is 5.26 Å². The molecule has 0 aliphatic carbocycles. The fraction of sp³-hybridized carbons (Fsp3) is 0.263. The maximum atomic E-state index is 12.6. The van der Waals surface area contributed by atoms with Crippen LogP contribution < -0.4 is 16.3 Å². The maximum absolute atomic E-state index is 12.6. The van der Waals surface area contributed by atoms with Crippen LogP contribution in [-0.2, 0) is 11.2 Å². The molecule has 2 rings (SSSR count). The Hall–Kier alpha value is -3.40. The number of nitriles is 1. The summed E-state index contributed by atoms with van der Waals surface area (Å²) in [7, 11) is 1.53. The molecule has 2 N–H and O–H groups in total. The smallest absolute Gasteiger partial charge is 0.345 e. The van der Waals surface area contributed by atoms with Crippen LogP contribution in [0.15, 0.2) is 33.5 Å². The predicted molar refractivity (Wildman–Crippen MR) is 96.8 cm³/mol. The van der Waals surface area contributed by atoms with Crippen LogP contribution in [0.25, 0.3) is 11.1 Å². The van der Waals surface area contributed by atoms with Crippen molar-refractivity contribution in [2.45, 2.75) is 26.2 Å². The highest BCUT2D eigenvalue weighted by molar-refractivity contribution is 6.05. The van der Waals surface area contributed by atoms with Gasteiger partial charge in [-0.25, -0.2) is 4.79 Å². The van der Waals surface area contributed by atoms with Crippen molar-refractivity contribution < 1.29 is 14.0 Å². The molecule has 1 heterocycles. The highest BCUT2D eigenvalue weighted by atomic mass is 16.4. The van der Waals surface area contributed by atoms with Crippen molar-refractivity contribution in [1.82, 2.24) is 5.32 Å². The standard InChI is InChI=1S/C19H19N3O4/c1-3-4-5-14-15(13-8-6-12(10-20)7-9-13)19(25)26-18(21-2)16(14)17(24)22-11-23/h6-9,11,21H,3-5H2,1-2H3,(H,22,23,24). The first-order valence-corrected chi connectivity index (χ1v) is 8.20. The van der Waals surface area contributed by atoms with E-state index >= 15 is 0 Å². The molecule has 0 spiro atoms. The molecule has 134 valence electrons. The van der Waals surface area contributed by atoms with Crippen molar-refractivity contribution in [3.8, 4) is 17.2 Å². The number of anilines is 1. The summed E-state index contributed by atoms with van der Waals surface area (Å²) in [4.78, 5) is 35.7. The van der Waals surface area contributed by atoms with Gasteiger partial charge in [-0.2, -0.15) is 5.26 Å². The number of carbonyl (C=O) groups excluding carboxylic acids is 2. The second-order valence-corrected chi connectivity index (χ2v) is 5.58. The molecular formula is C19H19N3O4.